The second-order valence-corrected chi connectivity index (χ2v) is 5.23. The van der Waals surface area contributed by atoms with Gasteiger partial charge in [0.15, 0.2) is 11.6 Å². The van der Waals surface area contributed by atoms with Crippen molar-refractivity contribution in [3.8, 4) is 17.0 Å². The molecule has 3 rings (SSSR count). The van der Waals surface area contributed by atoms with Crippen LogP contribution in [0.2, 0.25) is 0 Å². The van der Waals surface area contributed by atoms with Crippen LogP contribution in [0.25, 0.3) is 11.1 Å². The Morgan fingerprint density at radius 2 is 2.04 bits per heavy atom. The van der Waals surface area contributed by atoms with Crippen LogP contribution in [0, 0.1) is 11.6 Å². The van der Waals surface area contributed by atoms with Gasteiger partial charge in [-0.2, -0.15) is 0 Å². The maximum Gasteiger partial charge on any atom is 0.221 e. The summed E-state index contributed by atoms with van der Waals surface area (Å²) in [5.41, 5.74) is 7.52. The molecule has 126 valence electrons. The highest BCUT2D eigenvalue weighted by Gasteiger charge is 2.16. The second-order valence-electron chi connectivity index (χ2n) is 5.23. The summed E-state index contributed by atoms with van der Waals surface area (Å²) in [5, 5.41) is 5.81. The highest BCUT2D eigenvalue weighted by atomic mass is 19.2. The van der Waals surface area contributed by atoms with Gasteiger partial charge in [0.1, 0.15) is 5.84 Å². The van der Waals surface area contributed by atoms with Crippen molar-refractivity contribution in [1.29, 1.82) is 0 Å². The summed E-state index contributed by atoms with van der Waals surface area (Å²) in [4.78, 5) is 4.31. The van der Waals surface area contributed by atoms with E-state index in [0.29, 0.717) is 30.2 Å². The van der Waals surface area contributed by atoms with E-state index in [1.807, 2.05) is 19.9 Å². The van der Waals surface area contributed by atoms with Gasteiger partial charge < -0.3 is 4.74 Å². The van der Waals surface area contributed by atoms with E-state index in [2.05, 4.69) is 21.2 Å². The van der Waals surface area contributed by atoms with E-state index in [9.17, 15) is 8.78 Å². The van der Waals surface area contributed by atoms with Crippen molar-refractivity contribution in [1.82, 2.24) is 21.1 Å². The van der Waals surface area contributed by atoms with Crippen molar-refractivity contribution in [3.05, 3.63) is 47.7 Å². The van der Waals surface area contributed by atoms with Crippen LogP contribution in [-0.2, 0) is 6.54 Å². The topological polar surface area (TPSA) is 61.8 Å². The Labute approximate surface area is 138 Å². The van der Waals surface area contributed by atoms with Crippen molar-refractivity contribution in [2.45, 2.75) is 20.4 Å². The molecule has 0 radical (unpaired) electrons. The Morgan fingerprint density at radius 3 is 2.71 bits per heavy atom. The van der Waals surface area contributed by atoms with Crippen LogP contribution in [0.1, 0.15) is 19.4 Å². The Hall–Kier alpha value is -2.74. The molecule has 1 aromatic heterocycles. The number of ether oxygens (including phenoxy) is 1. The molecule has 0 atom stereocenters. The van der Waals surface area contributed by atoms with Gasteiger partial charge in [-0.05, 0) is 43.2 Å². The third-order valence-corrected chi connectivity index (χ3v) is 3.55. The van der Waals surface area contributed by atoms with E-state index in [1.165, 1.54) is 6.07 Å². The molecule has 0 amide bonds. The number of pyridine rings is 1. The lowest BCUT2D eigenvalue weighted by Gasteiger charge is -2.18. The van der Waals surface area contributed by atoms with Crippen LogP contribution in [0.15, 0.2) is 35.6 Å². The lowest BCUT2D eigenvalue weighted by molar-refractivity contribution is 0.285. The maximum atomic E-state index is 13.6. The number of rotatable bonds is 5. The van der Waals surface area contributed by atoms with Crippen LogP contribution in [0.3, 0.4) is 0 Å². The molecule has 0 saturated carbocycles. The van der Waals surface area contributed by atoms with Crippen molar-refractivity contribution in [2.24, 2.45) is 5.10 Å². The smallest absolute Gasteiger partial charge is 0.221 e. The molecule has 2 aromatic rings. The standard InChI is InChI=1S/C16H17F2N5O/c1-3-24-16-13(12-4-5-14(17)15(18)7-12)6-11(8-19-16)9-23-10(2)20-21-22-23/h4-8,21-22H,3,9H2,1-2H3. The number of hydrazone groups is 1. The molecule has 6 nitrogen and oxygen atoms in total. The Morgan fingerprint density at radius 1 is 1.21 bits per heavy atom. The fourth-order valence-electron chi connectivity index (χ4n) is 2.35. The number of nitrogens with one attached hydrogen (secondary N) is 2. The van der Waals surface area contributed by atoms with Gasteiger partial charge in [-0.1, -0.05) is 6.07 Å². The third-order valence-electron chi connectivity index (χ3n) is 3.55. The van der Waals surface area contributed by atoms with Gasteiger partial charge >= 0.3 is 0 Å². The number of hydrazine groups is 2. The molecule has 0 spiro atoms. The average molecular weight is 333 g/mol. The summed E-state index contributed by atoms with van der Waals surface area (Å²) in [5.74, 6) is -0.642. The third kappa shape index (κ3) is 3.28. The molecule has 24 heavy (non-hydrogen) atoms. The molecule has 0 bridgehead atoms. The summed E-state index contributed by atoms with van der Waals surface area (Å²) in [7, 11) is 0. The monoisotopic (exact) mass is 333 g/mol. The molecule has 1 aliphatic heterocycles. The lowest BCUT2D eigenvalue weighted by atomic mass is 10.0. The Kier molecular flexibility index (Phi) is 4.57. The van der Waals surface area contributed by atoms with Crippen LogP contribution in [-0.4, -0.2) is 22.4 Å². The molecule has 0 unspecified atom stereocenters. The number of amidine groups is 1. The first kappa shape index (κ1) is 16.1. The van der Waals surface area contributed by atoms with E-state index in [4.69, 9.17) is 4.74 Å². The SMILES string of the molecule is CCOc1ncc(CN2NNN=C2C)cc1-c1ccc(F)c(F)c1. The Balaban J connectivity index is 1.96. The zero-order valence-electron chi connectivity index (χ0n) is 13.3. The van der Waals surface area contributed by atoms with Crippen molar-refractivity contribution in [2.75, 3.05) is 6.61 Å². The second kappa shape index (κ2) is 6.79. The van der Waals surface area contributed by atoms with Gasteiger partial charge in [0.05, 0.1) is 13.2 Å². The number of benzene rings is 1. The van der Waals surface area contributed by atoms with Crippen LogP contribution >= 0.6 is 0 Å². The molecule has 2 N–H and O–H groups in total. The highest BCUT2D eigenvalue weighted by Crippen LogP contribution is 2.30. The molecule has 1 aromatic carbocycles. The summed E-state index contributed by atoms with van der Waals surface area (Å²) in [6.45, 7) is 4.61. The van der Waals surface area contributed by atoms with E-state index in [0.717, 1.165) is 23.5 Å². The van der Waals surface area contributed by atoms with E-state index < -0.39 is 11.6 Å². The molecule has 1 aliphatic rings. The molecule has 0 fully saturated rings. The predicted octanol–water partition coefficient (Wildman–Crippen LogP) is 2.58. The van der Waals surface area contributed by atoms with Crippen molar-refractivity contribution >= 4 is 5.84 Å². The van der Waals surface area contributed by atoms with E-state index in [1.54, 1.807) is 11.2 Å². The van der Waals surface area contributed by atoms with Gasteiger partial charge in [-0.25, -0.2) is 19.3 Å². The zero-order chi connectivity index (χ0) is 17.1. The van der Waals surface area contributed by atoms with Gasteiger partial charge in [-0.15, -0.1) is 10.6 Å². The van der Waals surface area contributed by atoms with Gasteiger partial charge in [0.2, 0.25) is 5.88 Å². The number of aromatic nitrogens is 1. The number of hydrogen-bond acceptors (Lipinski definition) is 6. The molecule has 8 heteroatoms. The lowest BCUT2D eigenvalue weighted by Crippen LogP contribution is -2.39. The minimum atomic E-state index is -0.909. The first-order chi connectivity index (χ1) is 11.6. The summed E-state index contributed by atoms with van der Waals surface area (Å²) in [6.07, 6.45) is 1.68. The molecule has 0 saturated heterocycles. The fourth-order valence-corrected chi connectivity index (χ4v) is 2.35. The van der Waals surface area contributed by atoms with Crippen LogP contribution in [0.4, 0.5) is 8.78 Å². The first-order valence-corrected chi connectivity index (χ1v) is 7.48. The highest BCUT2D eigenvalue weighted by molar-refractivity contribution is 5.80. The number of nitrogens with zero attached hydrogens (tertiary/aromatic N) is 3. The molecule has 2 heterocycles. The zero-order valence-corrected chi connectivity index (χ0v) is 13.3. The quantitative estimate of drug-likeness (QED) is 0.881. The first-order valence-electron chi connectivity index (χ1n) is 7.48. The molecule has 0 aliphatic carbocycles. The minimum absolute atomic E-state index is 0.380. The van der Waals surface area contributed by atoms with E-state index >= 15 is 0 Å². The number of hydrogen-bond donors (Lipinski definition) is 2. The summed E-state index contributed by atoms with van der Waals surface area (Å²) >= 11 is 0. The maximum absolute atomic E-state index is 13.6. The van der Waals surface area contributed by atoms with Crippen LogP contribution in [0.5, 0.6) is 5.88 Å². The van der Waals surface area contributed by atoms with Gasteiger partial charge in [0.25, 0.3) is 0 Å². The van der Waals surface area contributed by atoms with Gasteiger partial charge in [-0.3, -0.25) is 5.01 Å². The predicted molar refractivity (Wildman–Crippen MR) is 85.7 cm³/mol. The summed E-state index contributed by atoms with van der Waals surface area (Å²) < 4.78 is 32.3. The fraction of sp³-hybridized carbons (Fsp3) is 0.250. The minimum Gasteiger partial charge on any atom is -0.478 e. The average Bonchev–Trinajstić information content (AvgIpc) is 2.97. The molecular formula is C16H17F2N5O. The summed E-state index contributed by atoms with van der Waals surface area (Å²) in [6, 6.07) is 5.58. The number of halogens is 2. The normalized spacial score (nSPS) is 13.7. The van der Waals surface area contributed by atoms with Crippen LogP contribution < -0.4 is 15.8 Å². The molecular weight excluding hydrogens is 316 g/mol. The van der Waals surface area contributed by atoms with E-state index in [-0.39, 0.29) is 0 Å². The van der Waals surface area contributed by atoms with Crippen molar-refractivity contribution in [3.63, 3.8) is 0 Å². The van der Waals surface area contributed by atoms with Gasteiger partial charge in [0, 0.05) is 11.8 Å². The van der Waals surface area contributed by atoms with Crippen molar-refractivity contribution < 1.29 is 13.5 Å². The largest absolute Gasteiger partial charge is 0.478 e. The Bertz CT molecular complexity index is 781.